The van der Waals surface area contributed by atoms with Crippen molar-refractivity contribution < 1.29 is 24.0 Å². The largest absolute Gasteiger partial charge is 0.494 e. The quantitative estimate of drug-likeness (QED) is 0.414. The molecule has 2 unspecified atom stereocenters. The molecule has 2 aliphatic rings. The van der Waals surface area contributed by atoms with Gasteiger partial charge in [-0.2, -0.15) is 0 Å². The fourth-order valence-electron chi connectivity index (χ4n) is 4.62. The van der Waals surface area contributed by atoms with Crippen molar-refractivity contribution in [2.75, 3.05) is 19.0 Å². The molecule has 2 atom stereocenters. The van der Waals surface area contributed by atoms with Crippen LogP contribution in [0.3, 0.4) is 0 Å². The molecular formula is C21H27N3O6. The van der Waals surface area contributed by atoms with Gasteiger partial charge in [0.25, 0.3) is 5.69 Å². The molecule has 9 nitrogen and oxygen atoms in total. The van der Waals surface area contributed by atoms with Gasteiger partial charge in [0.05, 0.1) is 29.2 Å². The smallest absolute Gasteiger partial charge is 0.273 e. The molecule has 0 aromatic heterocycles. The van der Waals surface area contributed by atoms with Gasteiger partial charge in [0, 0.05) is 24.9 Å². The third kappa shape index (κ3) is 3.42. The number of amides is 3. The fraction of sp³-hybridized carbons (Fsp3) is 0.571. The first kappa shape index (κ1) is 21.7. The number of anilines is 1. The Bertz CT molecular complexity index is 912. The van der Waals surface area contributed by atoms with Crippen LogP contribution in [0, 0.1) is 26.9 Å². The number of rotatable bonds is 7. The molecule has 0 radical (unpaired) electrons. The van der Waals surface area contributed by atoms with Crippen molar-refractivity contribution in [3.63, 3.8) is 0 Å². The van der Waals surface area contributed by atoms with E-state index in [0.29, 0.717) is 24.9 Å². The maximum atomic E-state index is 13.0. The summed E-state index contributed by atoms with van der Waals surface area (Å²) in [6, 6.07) is 3.92. The monoisotopic (exact) mass is 417 g/mol. The van der Waals surface area contributed by atoms with E-state index in [0.717, 1.165) is 0 Å². The Labute approximate surface area is 174 Å². The molecule has 9 heteroatoms. The molecule has 30 heavy (non-hydrogen) atoms. The fourth-order valence-corrected chi connectivity index (χ4v) is 4.62. The normalized spacial score (nSPS) is 24.7. The van der Waals surface area contributed by atoms with Gasteiger partial charge in [-0.3, -0.25) is 29.4 Å². The summed E-state index contributed by atoms with van der Waals surface area (Å²) in [7, 11) is 1.36. The van der Waals surface area contributed by atoms with Crippen molar-refractivity contribution in [2.24, 2.45) is 16.7 Å². The van der Waals surface area contributed by atoms with E-state index in [2.05, 4.69) is 5.32 Å². The second-order valence-corrected chi connectivity index (χ2v) is 8.73. The minimum absolute atomic E-state index is 0.0992. The Morgan fingerprint density at radius 2 is 2.03 bits per heavy atom. The topological polar surface area (TPSA) is 119 Å². The lowest BCUT2D eigenvalue weighted by molar-refractivity contribution is -0.384. The number of benzene rings is 1. The van der Waals surface area contributed by atoms with Crippen LogP contribution < -0.4 is 10.1 Å². The zero-order chi connectivity index (χ0) is 22.3. The molecule has 1 aromatic carbocycles. The van der Waals surface area contributed by atoms with E-state index >= 15 is 0 Å². The molecule has 0 spiro atoms. The van der Waals surface area contributed by atoms with Gasteiger partial charge in [0.15, 0.2) is 0 Å². The Kier molecular flexibility index (Phi) is 5.58. The summed E-state index contributed by atoms with van der Waals surface area (Å²) in [5, 5.41) is 13.5. The number of ether oxygens (including phenoxy) is 1. The lowest BCUT2D eigenvalue weighted by Gasteiger charge is -2.47. The molecule has 1 aliphatic carbocycles. The first-order chi connectivity index (χ1) is 14.0. The van der Waals surface area contributed by atoms with E-state index in [9.17, 15) is 24.5 Å². The van der Waals surface area contributed by atoms with Crippen molar-refractivity contribution in [1.82, 2.24) is 4.90 Å². The summed E-state index contributed by atoms with van der Waals surface area (Å²) >= 11 is 0. The van der Waals surface area contributed by atoms with Gasteiger partial charge in [0.1, 0.15) is 5.75 Å². The van der Waals surface area contributed by atoms with Gasteiger partial charge in [-0.1, -0.05) is 20.8 Å². The average molecular weight is 417 g/mol. The summed E-state index contributed by atoms with van der Waals surface area (Å²) in [5.41, 5.74) is -0.731. The third-order valence-electron chi connectivity index (χ3n) is 6.96. The number of nitrogens with zero attached hydrogens (tertiary/aromatic N) is 2. The molecule has 2 fully saturated rings. The van der Waals surface area contributed by atoms with Crippen LogP contribution in [0.4, 0.5) is 11.4 Å². The van der Waals surface area contributed by atoms with Gasteiger partial charge in [-0.25, -0.2) is 0 Å². The number of nitro benzene ring substituents is 1. The summed E-state index contributed by atoms with van der Waals surface area (Å²) < 4.78 is 5.11. The number of methoxy groups -OCH3 is 1. The highest BCUT2D eigenvalue weighted by molar-refractivity contribution is 6.03. The SMILES string of the molecule is COc1cc([N+](=O)[O-])ccc1NC(=O)CCCN1C(=O)C2CCC(C)(C1=O)C2(C)C. The first-order valence-electron chi connectivity index (χ1n) is 10.0. The van der Waals surface area contributed by atoms with Gasteiger partial charge in [-0.15, -0.1) is 0 Å². The second-order valence-electron chi connectivity index (χ2n) is 8.73. The van der Waals surface area contributed by atoms with Gasteiger partial charge in [-0.05, 0) is 30.7 Å². The Morgan fingerprint density at radius 3 is 2.67 bits per heavy atom. The number of hydrogen-bond acceptors (Lipinski definition) is 6. The van der Waals surface area contributed by atoms with Crippen LogP contribution >= 0.6 is 0 Å². The Morgan fingerprint density at radius 1 is 1.33 bits per heavy atom. The highest BCUT2D eigenvalue weighted by atomic mass is 16.6. The minimum Gasteiger partial charge on any atom is -0.494 e. The second kappa shape index (κ2) is 7.70. The maximum Gasteiger partial charge on any atom is 0.273 e. The molecule has 3 rings (SSSR count). The molecular weight excluding hydrogens is 390 g/mol. The molecule has 1 N–H and O–H groups in total. The van der Waals surface area contributed by atoms with E-state index in [4.69, 9.17) is 4.74 Å². The highest BCUT2D eigenvalue weighted by Crippen LogP contribution is 2.60. The van der Waals surface area contributed by atoms with E-state index in [1.54, 1.807) is 0 Å². The Balaban J connectivity index is 1.60. The van der Waals surface area contributed by atoms with Crippen molar-refractivity contribution in [3.05, 3.63) is 28.3 Å². The molecule has 162 valence electrons. The number of carbonyl (C=O) groups excluding carboxylic acids is 3. The number of carbonyl (C=O) groups is 3. The summed E-state index contributed by atoms with van der Waals surface area (Å²) in [6.07, 6.45) is 1.85. The third-order valence-corrected chi connectivity index (χ3v) is 6.96. The van der Waals surface area contributed by atoms with E-state index in [1.807, 2.05) is 20.8 Å². The summed E-state index contributed by atoms with van der Waals surface area (Å²) in [5.74, 6) is -0.598. The van der Waals surface area contributed by atoms with Gasteiger partial charge >= 0.3 is 0 Å². The number of nitro groups is 1. The van der Waals surface area contributed by atoms with Crippen molar-refractivity contribution in [3.8, 4) is 5.75 Å². The van der Waals surface area contributed by atoms with E-state index in [-0.39, 0.29) is 53.5 Å². The molecule has 1 saturated carbocycles. The number of likely N-dealkylation sites (tertiary alicyclic amines) is 1. The number of piperidine rings is 1. The van der Waals surface area contributed by atoms with Crippen LogP contribution in [0.1, 0.15) is 46.5 Å². The molecule has 2 bridgehead atoms. The van der Waals surface area contributed by atoms with Crippen molar-refractivity contribution in [2.45, 2.75) is 46.5 Å². The van der Waals surface area contributed by atoms with Crippen LogP contribution in [0.5, 0.6) is 5.75 Å². The van der Waals surface area contributed by atoms with Crippen molar-refractivity contribution in [1.29, 1.82) is 0 Å². The van der Waals surface area contributed by atoms with Crippen LogP contribution in [0.15, 0.2) is 18.2 Å². The zero-order valence-electron chi connectivity index (χ0n) is 17.7. The van der Waals surface area contributed by atoms with Crippen molar-refractivity contribution >= 4 is 29.1 Å². The number of imide groups is 1. The van der Waals surface area contributed by atoms with Gasteiger partial charge in [0.2, 0.25) is 17.7 Å². The highest BCUT2D eigenvalue weighted by Gasteiger charge is 2.64. The zero-order valence-corrected chi connectivity index (χ0v) is 17.7. The molecule has 1 aromatic rings. The van der Waals surface area contributed by atoms with Crippen LogP contribution in [-0.4, -0.2) is 41.2 Å². The Hall–Kier alpha value is -2.97. The summed E-state index contributed by atoms with van der Waals surface area (Å²) in [6.45, 7) is 6.11. The number of fused-ring (bicyclic) bond motifs is 2. The minimum atomic E-state index is -0.556. The summed E-state index contributed by atoms with van der Waals surface area (Å²) in [4.78, 5) is 49.8. The first-order valence-corrected chi connectivity index (χ1v) is 10.0. The molecule has 3 amide bonds. The standard InChI is InChI=1S/C21H27N3O6/c1-20(2)14-9-10-21(20,3)19(27)23(18(14)26)11-5-6-17(25)22-15-8-7-13(24(28)29)12-16(15)30-4/h7-8,12,14H,5-6,9-11H2,1-4H3,(H,22,25). The van der Waals surface area contributed by atoms with Crippen LogP contribution in [-0.2, 0) is 14.4 Å². The molecule has 1 heterocycles. The lowest BCUT2D eigenvalue weighted by atomic mass is 9.62. The maximum absolute atomic E-state index is 13.0. The van der Waals surface area contributed by atoms with E-state index in [1.165, 1.54) is 30.2 Å². The van der Waals surface area contributed by atoms with Crippen LogP contribution in [0.2, 0.25) is 0 Å². The number of nitrogens with one attached hydrogen (secondary N) is 1. The number of non-ortho nitro benzene ring substituents is 1. The average Bonchev–Trinajstić information content (AvgIpc) is 2.88. The lowest BCUT2D eigenvalue weighted by Crippen LogP contribution is -2.59. The van der Waals surface area contributed by atoms with E-state index < -0.39 is 10.3 Å². The number of hydrogen-bond donors (Lipinski definition) is 1. The predicted molar refractivity (Wildman–Crippen MR) is 109 cm³/mol. The van der Waals surface area contributed by atoms with Gasteiger partial charge < -0.3 is 10.1 Å². The predicted octanol–water partition coefficient (Wildman–Crippen LogP) is 3.13. The molecule has 1 saturated heterocycles. The molecule has 1 aliphatic heterocycles. The van der Waals surface area contributed by atoms with Crippen LogP contribution in [0.25, 0.3) is 0 Å².